The summed E-state index contributed by atoms with van der Waals surface area (Å²) in [5.41, 5.74) is 1.35. The van der Waals surface area contributed by atoms with Crippen LogP contribution in [0.1, 0.15) is 45.4 Å². The normalized spacial score (nSPS) is 31.4. The van der Waals surface area contributed by atoms with Crippen LogP contribution in [0, 0.1) is 11.3 Å². The van der Waals surface area contributed by atoms with Crippen molar-refractivity contribution in [2.45, 2.75) is 45.4 Å². The Bertz CT molecular complexity index is 421. The summed E-state index contributed by atoms with van der Waals surface area (Å²) in [6, 6.07) is 0. The average Bonchev–Trinajstić information content (AvgIpc) is 2.61. The molecule has 2 rings (SSSR count). The molecular formula is C18H27NO. The first-order valence-corrected chi connectivity index (χ1v) is 7.89. The van der Waals surface area contributed by atoms with E-state index in [9.17, 15) is 0 Å². The highest BCUT2D eigenvalue weighted by Crippen LogP contribution is 2.52. The lowest BCUT2D eigenvalue weighted by molar-refractivity contribution is 0.148. The lowest BCUT2D eigenvalue weighted by atomic mass is 9.69. The van der Waals surface area contributed by atoms with Crippen LogP contribution in [-0.2, 0) is 4.74 Å². The maximum Gasteiger partial charge on any atom is 0.102 e. The van der Waals surface area contributed by atoms with Crippen molar-refractivity contribution in [3.05, 3.63) is 37.1 Å². The largest absolute Gasteiger partial charge is 0.498 e. The van der Waals surface area contributed by atoms with Crippen molar-refractivity contribution >= 4 is 5.71 Å². The second kappa shape index (κ2) is 6.92. The minimum atomic E-state index is 0.131. The van der Waals surface area contributed by atoms with Crippen molar-refractivity contribution in [2.75, 3.05) is 13.2 Å². The van der Waals surface area contributed by atoms with Gasteiger partial charge in [-0.3, -0.25) is 4.99 Å². The molecule has 2 nitrogen and oxygen atoms in total. The molecule has 0 spiro atoms. The summed E-state index contributed by atoms with van der Waals surface area (Å²) < 4.78 is 5.93. The van der Waals surface area contributed by atoms with Crippen LogP contribution in [-0.4, -0.2) is 18.9 Å². The molecule has 2 aliphatic carbocycles. The monoisotopic (exact) mass is 273 g/mol. The smallest absolute Gasteiger partial charge is 0.102 e. The van der Waals surface area contributed by atoms with Gasteiger partial charge in [-0.05, 0) is 32.3 Å². The van der Waals surface area contributed by atoms with Gasteiger partial charge in [0.15, 0.2) is 0 Å². The maximum atomic E-state index is 5.93. The van der Waals surface area contributed by atoms with Crippen LogP contribution in [0.3, 0.4) is 0 Å². The SMILES string of the molecule is C=CCN=C1C=C(OCC)[C@H]2CCCCC[C@@]12CC=C. The molecule has 20 heavy (non-hydrogen) atoms. The fourth-order valence-corrected chi connectivity index (χ4v) is 3.80. The molecule has 0 amide bonds. The summed E-state index contributed by atoms with van der Waals surface area (Å²) in [6.45, 7) is 11.3. The molecule has 2 aliphatic rings. The Morgan fingerprint density at radius 2 is 2.20 bits per heavy atom. The molecule has 1 saturated carbocycles. The van der Waals surface area contributed by atoms with Gasteiger partial charge in [0.05, 0.1) is 13.2 Å². The quantitative estimate of drug-likeness (QED) is 0.643. The fourth-order valence-electron chi connectivity index (χ4n) is 3.80. The van der Waals surface area contributed by atoms with E-state index in [-0.39, 0.29) is 5.41 Å². The molecule has 0 aromatic heterocycles. The molecule has 2 atom stereocenters. The van der Waals surface area contributed by atoms with E-state index in [0.29, 0.717) is 12.5 Å². The van der Waals surface area contributed by atoms with Gasteiger partial charge < -0.3 is 4.74 Å². The third kappa shape index (κ3) is 2.74. The van der Waals surface area contributed by atoms with Gasteiger partial charge in [0.2, 0.25) is 0 Å². The number of aliphatic imine (C=N–C) groups is 1. The number of fused-ring (bicyclic) bond motifs is 1. The zero-order valence-corrected chi connectivity index (χ0v) is 12.7. The minimum Gasteiger partial charge on any atom is -0.498 e. The highest BCUT2D eigenvalue weighted by molar-refractivity contribution is 6.03. The van der Waals surface area contributed by atoms with E-state index in [4.69, 9.17) is 9.73 Å². The van der Waals surface area contributed by atoms with E-state index in [1.807, 2.05) is 6.08 Å². The first-order valence-electron chi connectivity index (χ1n) is 7.89. The van der Waals surface area contributed by atoms with E-state index in [0.717, 1.165) is 18.8 Å². The van der Waals surface area contributed by atoms with Gasteiger partial charge in [0.1, 0.15) is 5.76 Å². The molecule has 1 fully saturated rings. The van der Waals surface area contributed by atoms with E-state index in [1.54, 1.807) is 0 Å². The van der Waals surface area contributed by atoms with Gasteiger partial charge in [-0.1, -0.05) is 31.4 Å². The molecule has 0 bridgehead atoms. The first-order chi connectivity index (χ1) is 9.78. The topological polar surface area (TPSA) is 21.6 Å². The van der Waals surface area contributed by atoms with Crippen LogP contribution in [0.4, 0.5) is 0 Å². The van der Waals surface area contributed by atoms with Gasteiger partial charge in [0.25, 0.3) is 0 Å². The Labute approximate surface area is 123 Å². The minimum absolute atomic E-state index is 0.131. The first kappa shape index (κ1) is 15.1. The predicted octanol–water partition coefficient (Wildman–Crippen LogP) is 4.69. The van der Waals surface area contributed by atoms with Crippen LogP contribution in [0.15, 0.2) is 42.1 Å². The molecule has 2 heteroatoms. The fraction of sp³-hybridized carbons (Fsp3) is 0.611. The number of hydrogen-bond donors (Lipinski definition) is 0. The standard InChI is InChI=1S/C18H27NO/c1-4-11-18-12-9-7-8-10-15(18)16(20-6-3)14-17(18)19-13-5-2/h4-5,14-15H,1-2,6-13H2,3H3/t15-,18-/m1/s1. The molecule has 0 aromatic carbocycles. The molecular weight excluding hydrogens is 246 g/mol. The summed E-state index contributed by atoms with van der Waals surface area (Å²) in [4.78, 5) is 4.79. The van der Waals surface area contributed by atoms with Crippen LogP contribution >= 0.6 is 0 Å². The third-order valence-electron chi connectivity index (χ3n) is 4.63. The van der Waals surface area contributed by atoms with Gasteiger partial charge in [-0.15, -0.1) is 13.2 Å². The van der Waals surface area contributed by atoms with Crippen LogP contribution in [0.2, 0.25) is 0 Å². The number of nitrogens with zero attached hydrogens (tertiary/aromatic N) is 1. The van der Waals surface area contributed by atoms with E-state index >= 15 is 0 Å². The highest BCUT2D eigenvalue weighted by Gasteiger charge is 2.48. The van der Waals surface area contributed by atoms with Gasteiger partial charge in [0, 0.05) is 17.0 Å². The third-order valence-corrected chi connectivity index (χ3v) is 4.63. The lowest BCUT2D eigenvalue weighted by Crippen LogP contribution is -2.33. The van der Waals surface area contributed by atoms with Crippen LogP contribution in [0.25, 0.3) is 0 Å². The van der Waals surface area contributed by atoms with Gasteiger partial charge in [-0.25, -0.2) is 0 Å². The van der Waals surface area contributed by atoms with Crippen LogP contribution < -0.4 is 0 Å². The Hall–Kier alpha value is -1.31. The van der Waals surface area contributed by atoms with Crippen molar-refractivity contribution in [3.63, 3.8) is 0 Å². The lowest BCUT2D eigenvalue weighted by Gasteiger charge is -2.35. The Balaban J connectivity index is 2.40. The Morgan fingerprint density at radius 1 is 1.35 bits per heavy atom. The van der Waals surface area contributed by atoms with Crippen molar-refractivity contribution < 1.29 is 4.74 Å². The summed E-state index contributed by atoms with van der Waals surface area (Å²) in [7, 11) is 0. The van der Waals surface area contributed by atoms with Gasteiger partial charge >= 0.3 is 0 Å². The average molecular weight is 273 g/mol. The van der Waals surface area contributed by atoms with E-state index in [2.05, 4.69) is 32.2 Å². The second-order valence-electron chi connectivity index (χ2n) is 5.80. The number of ether oxygens (including phenoxy) is 1. The number of hydrogen-bond acceptors (Lipinski definition) is 2. The van der Waals surface area contributed by atoms with Crippen molar-refractivity contribution in [1.29, 1.82) is 0 Å². The molecule has 0 aromatic rings. The molecule has 0 radical (unpaired) electrons. The molecule has 0 N–H and O–H groups in total. The second-order valence-corrected chi connectivity index (χ2v) is 5.80. The summed E-state index contributed by atoms with van der Waals surface area (Å²) in [5.74, 6) is 1.64. The van der Waals surface area contributed by atoms with Crippen molar-refractivity contribution in [2.24, 2.45) is 16.3 Å². The van der Waals surface area contributed by atoms with E-state index in [1.165, 1.54) is 37.8 Å². The van der Waals surface area contributed by atoms with E-state index < -0.39 is 0 Å². The zero-order valence-electron chi connectivity index (χ0n) is 12.7. The molecule has 0 saturated heterocycles. The number of allylic oxidation sites excluding steroid dienone is 3. The summed E-state index contributed by atoms with van der Waals surface area (Å²) >= 11 is 0. The zero-order chi connectivity index (χ0) is 14.4. The summed E-state index contributed by atoms with van der Waals surface area (Å²) in [5, 5.41) is 0. The van der Waals surface area contributed by atoms with Crippen LogP contribution in [0.5, 0.6) is 0 Å². The highest BCUT2D eigenvalue weighted by atomic mass is 16.5. The van der Waals surface area contributed by atoms with Crippen molar-refractivity contribution in [1.82, 2.24) is 0 Å². The van der Waals surface area contributed by atoms with Gasteiger partial charge in [-0.2, -0.15) is 0 Å². The summed E-state index contributed by atoms with van der Waals surface area (Å²) in [6.07, 6.45) is 13.4. The Kier molecular flexibility index (Phi) is 5.22. The Morgan fingerprint density at radius 3 is 2.90 bits per heavy atom. The van der Waals surface area contributed by atoms with Crippen molar-refractivity contribution in [3.8, 4) is 0 Å². The molecule has 110 valence electrons. The molecule has 0 aliphatic heterocycles. The molecule has 0 heterocycles. The maximum absolute atomic E-state index is 5.93. The number of rotatable bonds is 6. The molecule has 0 unspecified atom stereocenters. The predicted molar refractivity (Wildman–Crippen MR) is 86.0 cm³/mol.